The van der Waals surface area contributed by atoms with E-state index in [1.165, 1.54) is 28.5 Å². The first kappa shape index (κ1) is 20.3. The highest BCUT2D eigenvalue weighted by atomic mass is 35.5. The molecular weight excluding hydrogens is 382 g/mol. The van der Waals surface area contributed by atoms with Crippen molar-refractivity contribution in [3.63, 3.8) is 0 Å². The number of carbonyl (C=O) groups is 1. The van der Waals surface area contributed by atoms with Gasteiger partial charge < -0.3 is 10.1 Å². The van der Waals surface area contributed by atoms with Gasteiger partial charge in [0.15, 0.2) is 0 Å². The second-order valence-corrected chi connectivity index (χ2v) is 7.46. The molecule has 26 heavy (non-hydrogen) atoms. The first-order valence-corrected chi connectivity index (χ1v) is 9.18. The number of nitrogens with one attached hydrogen (secondary N) is 1. The highest BCUT2D eigenvalue weighted by Crippen LogP contribution is 2.28. The molecule has 0 radical (unpaired) electrons. The van der Waals surface area contributed by atoms with E-state index in [1.54, 1.807) is 18.5 Å². The van der Waals surface area contributed by atoms with E-state index in [2.05, 4.69) is 20.1 Å². The van der Waals surface area contributed by atoms with Crippen LogP contribution in [0.2, 0.25) is 0 Å². The lowest BCUT2D eigenvalue weighted by atomic mass is 10.1. The van der Waals surface area contributed by atoms with E-state index >= 15 is 0 Å². The van der Waals surface area contributed by atoms with Crippen molar-refractivity contribution in [1.29, 1.82) is 0 Å². The third-order valence-corrected chi connectivity index (χ3v) is 5.86. The smallest absolute Gasteiger partial charge is 0.327 e. The maximum absolute atomic E-state index is 13.0. The van der Waals surface area contributed by atoms with Gasteiger partial charge in [-0.3, -0.25) is 14.5 Å². The molecule has 0 spiro atoms. The van der Waals surface area contributed by atoms with E-state index in [0.717, 1.165) is 5.56 Å². The van der Waals surface area contributed by atoms with Crippen molar-refractivity contribution in [2.45, 2.75) is 17.5 Å². The molecule has 0 aromatic carbocycles. The van der Waals surface area contributed by atoms with Gasteiger partial charge in [-0.25, -0.2) is 8.42 Å². The number of aromatic nitrogens is 3. The Balaban J connectivity index is 0.00000243. The van der Waals surface area contributed by atoms with Crippen LogP contribution >= 0.6 is 12.4 Å². The van der Waals surface area contributed by atoms with Gasteiger partial charge in [-0.1, -0.05) is 6.07 Å². The van der Waals surface area contributed by atoms with Gasteiger partial charge in [-0.05, 0) is 11.6 Å². The van der Waals surface area contributed by atoms with Crippen LogP contribution in [0.15, 0.2) is 41.8 Å². The standard InChI is InChI=1S/C15H19N5O4S.ClH/c1-24-15(21)11-19-10-13(8-18-19)25(22,23)20-6-5-17-9-14(20)12-3-2-4-16-7-12;/h2-4,7-8,10,14,17H,5-6,9,11H2,1H3;1H. The predicted octanol–water partition coefficient (Wildman–Crippen LogP) is 0.208. The molecule has 142 valence electrons. The van der Waals surface area contributed by atoms with Crippen LogP contribution in [0.5, 0.6) is 0 Å². The summed E-state index contributed by atoms with van der Waals surface area (Å²) in [6, 6.07) is 3.29. The Bertz CT molecular complexity index is 843. The molecular formula is C15H20ClN5O4S. The van der Waals surface area contributed by atoms with Crippen LogP contribution in [-0.2, 0) is 26.1 Å². The number of methoxy groups -OCH3 is 1. The highest BCUT2D eigenvalue weighted by Gasteiger charge is 2.35. The third kappa shape index (κ3) is 4.21. The van der Waals surface area contributed by atoms with Crippen molar-refractivity contribution in [3.05, 3.63) is 42.5 Å². The van der Waals surface area contributed by atoms with Crippen LogP contribution in [0.25, 0.3) is 0 Å². The lowest BCUT2D eigenvalue weighted by Crippen LogP contribution is -2.48. The van der Waals surface area contributed by atoms with Crippen molar-refractivity contribution in [2.75, 3.05) is 26.7 Å². The summed E-state index contributed by atoms with van der Waals surface area (Å²) in [7, 11) is -2.48. The van der Waals surface area contributed by atoms with Crippen LogP contribution in [-0.4, -0.2) is 60.2 Å². The van der Waals surface area contributed by atoms with Gasteiger partial charge in [0.2, 0.25) is 10.0 Å². The molecule has 3 heterocycles. The zero-order chi connectivity index (χ0) is 17.9. The van der Waals surface area contributed by atoms with Crippen molar-refractivity contribution in [3.8, 4) is 0 Å². The summed E-state index contributed by atoms with van der Waals surface area (Å²) >= 11 is 0. The van der Waals surface area contributed by atoms with Crippen molar-refractivity contribution < 1.29 is 17.9 Å². The van der Waals surface area contributed by atoms with E-state index in [1.807, 2.05) is 6.07 Å². The van der Waals surface area contributed by atoms with Crippen LogP contribution in [0.1, 0.15) is 11.6 Å². The fraction of sp³-hybridized carbons (Fsp3) is 0.400. The summed E-state index contributed by atoms with van der Waals surface area (Å²) in [5.74, 6) is -0.498. The van der Waals surface area contributed by atoms with Crippen LogP contribution in [0.4, 0.5) is 0 Å². The molecule has 3 rings (SSSR count). The molecule has 0 amide bonds. The second-order valence-electron chi connectivity index (χ2n) is 5.57. The van der Waals surface area contributed by atoms with Gasteiger partial charge in [0.1, 0.15) is 11.4 Å². The third-order valence-electron chi connectivity index (χ3n) is 4.00. The molecule has 2 aromatic heterocycles. The second kappa shape index (κ2) is 8.58. The van der Waals surface area contributed by atoms with Crippen LogP contribution < -0.4 is 5.32 Å². The van der Waals surface area contributed by atoms with E-state index in [0.29, 0.717) is 19.6 Å². The number of halogens is 1. The Kier molecular flexibility index (Phi) is 6.70. The number of pyridine rings is 1. The molecule has 0 saturated carbocycles. The number of sulfonamides is 1. The monoisotopic (exact) mass is 401 g/mol. The fourth-order valence-corrected chi connectivity index (χ4v) is 4.30. The molecule has 0 bridgehead atoms. The molecule has 11 heteroatoms. The van der Waals surface area contributed by atoms with Crippen LogP contribution in [0, 0.1) is 0 Å². The Labute approximate surface area is 157 Å². The van der Waals surface area contributed by atoms with E-state index < -0.39 is 16.0 Å². The molecule has 1 aliphatic heterocycles. The summed E-state index contributed by atoms with van der Waals surface area (Å²) in [6.07, 6.45) is 5.91. The number of hydrogen-bond donors (Lipinski definition) is 1. The van der Waals surface area contributed by atoms with Gasteiger partial charge in [0, 0.05) is 38.2 Å². The average Bonchev–Trinajstić information content (AvgIpc) is 3.11. The normalized spacial score (nSPS) is 18.1. The first-order chi connectivity index (χ1) is 12.0. The molecule has 1 saturated heterocycles. The lowest BCUT2D eigenvalue weighted by Gasteiger charge is -2.34. The molecule has 1 atom stereocenters. The van der Waals surface area contributed by atoms with Crippen molar-refractivity contribution in [2.24, 2.45) is 0 Å². The van der Waals surface area contributed by atoms with Gasteiger partial charge in [0.05, 0.1) is 19.3 Å². The highest BCUT2D eigenvalue weighted by molar-refractivity contribution is 7.89. The van der Waals surface area contributed by atoms with Gasteiger partial charge in [0.25, 0.3) is 0 Å². The summed E-state index contributed by atoms with van der Waals surface area (Å²) in [4.78, 5) is 15.4. The number of carbonyl (C=O) groups excluding carboxylic acids is 1. The van der Waals surface area contributed by atoms with Gasteiger partial charge in [-0.2, -0.15) is 9.40 Å². The quantitative estimate of drug-likeness (QED) is 0.713. The van der Waals surface area contributed by atoms with E-state index in [-0.39, 0.29) is 29.9 Å². The Morgan fingerprint density at radius 2 is 2.23 bits per heavy atom. The molecule has 1 aliphatic rings. The molecule has 2 aromatic rings. The van der Waals surface area contributed by atoms with Crippen molar-refractivity contribution in [1.82, 2.24) is 24.4 Å². The molecule has 1 fully saturated rings. The number of nitrogens with zero attached hydrogens (tertiary/aromatic N) is 4. The zero-order valence-electron chi connectivity index (χ0n) is 14.1. The van der Waals surface area contributed by atoms with Gasteiger partial charge >= 0.3 is 5.97 Å². The number of hydrogen-bond acceptors (Lipinski definition) is 7. The maximum Gasteiger partial charge on any atom is 0.327 e. The topological polar surface area (TPSA) is 106 Å². The minimum absolute atomic E-state index is 0. The molecule has 9 nitrogen and oxygen atoms in total. The minimum atomic E-state index is -3.75. The average molecular weight is 402 g/mol. The number of piperazine rings is 1. The lowest BCUT2D eigenvalue weighted by molar-refractivity contribution is -0.141. The fourth-order valence-electron chi connectivity index (χ4n) is 2.73. The van der Waals surface area contributed by atoms with E-state index in [9.17, 15) is 13.2 Å². The summed E-state index contributed by atoms with van der Waals surface area (Å²) in [5, 5.41) is 7.15. The van der Waals surface area contributed by atoms with Gasteiger partial charge in [-0.15, -0.1) is 12.4 Å². The zero-order valence-corrected chi connectivity index (χ0v) is 15.7. The molecule has 1 unspecified atom stereocenters. The largest absolute Gasteiger partial charge is 0.468 e. The number of rotatable bonds is 5. The van der Waals surface area contributed by atoms with Crippen LogP contribution in [0.3, 0.4) is 0 Å². The Morgan fingerprint density at radius 1 is 1.42 bits per heavy atom. The Morgan fingerprint density at radius 3 is 2.92 bits per heavy atom. The summed E-state index contributed by atoms with van der Waals surface area (Å²) in [5.41, 5.74) is 0.820. The maximum atomic E-state index is 13.0. The SMILES string of the molecule is COC(=O)Cn1cc(S(=O)(=O)N2CCNCC2c2cccnc2)cn1.Cl. The predicted molar refractivity (Wildman–Crippen MR) is 95.2 cm³/mol. The minimum Gasteiger partial charge on any atom is -0.468 e. The van der Waals surface area contributed by atoms with Crippen molar-refractivity contribution >= 4 is 28.4 Å². The Hall–Kier alpha value is -2.01. The molecule has 1 N–H and O–H groups in total. The molecule has 0 aliphatic carbocycles. The summed E-state index contributed by atoms with van der Waals surface area (Å²) in [6.45, 7) is 1.26. The summed E-state index contributed by atoms with van der Waals surface area (Å²) < 4.78 is 33.4. The first-order valence-electron chi connectivity index (χ1n) is 7.74. The number of esters is 1. The number of ether oxygens (including phenoxy) is 1. The van der Waals surface area contributed by atoms with E-state index in [4.69, 9.17) is 0 Å².